The second-order valence-corrected chi connectivity index (χ2v) is 11.2. The van der Waals surface area contributed by atoms with Crippen LogP contribution in [0.25, 0.3) is 0 Å². The summed E-state index contributed by atoms with van der Waals surface area (Å²) < 4.78 is 64.1. The van der Waals surface area contributed by atoms with E-state index in [1.807, 2.05) is 18.3 Å². The molecule has 33 heavy (non-hydrogen) atoms. The number of pyridine rings is 1. The third-order valence-electron chi connectivity index (χ3n) is 6.63. The quantitative estimate of drug-likeness (QED) is 0.650. The number of rotatable bonds is 6. The van der Waals surface area contributed by atoms with E-state index in [-0.39, 0.29) is 10.7 Å². The van der Waals surface area contributed by atoms with Gasteiger partial charge in [0, 0.05) is 51.9 Å². The van der Waals surface area contributed by atoms with Gasteiger partial charge in [0.05, 0.1) is 17.6 Å². The van der Waals surface area contributed by atoms with Crippen LogP contribution in [0.2, 0.25) is 0 Å². The minimum absolute atomic E-state index is 0.101. The molecule has 0 radical (unpaired) electrons. The second-order valence-electron chi connectivity index (χ2n) is 8.95. The summed E-state index contributed by atoms with van der Waals surface area (Å²) in [5, 5.41) is 7.02. The standard InChI is InChI=1S/C19H29N3O3S.C2HF3O2/c1-25-14-16-12-21(13-17-4-2-3-9-20-17)15-19(16)7-10-22(11-8-19)26(23,24)18-5-6-18;3-2(4,5)1(6)7/h2-4,9,16,18H,5-8,10-15H2,1H3;(H,6,7). The zero-order valence-corrected chi connectivity index (χ0v) is 19.3. The summed E-state index contributed by atoms with van der Waals surface area (Å²) >= 11 is 0. The third kappa shape index (κ3) is 6.43. The number of hydrogen-bond donors (Lipinski definition) is 1. The van der Waals surface area contributed by atoms with Crippen LogP contribution in [-0.4, -0.2) is 85.0 Å². The van der Waals surface area contributed by atoms with E-state index in [1.165, 1.54) is 0 Å². The Morgan fingerprint density at radius 1 is 1.27 bits per heavy atom. The maximum Gasteiger partial charge on any atom is 0.490 e. The van der Waals surface area contributed by atoms with Crippen LogP contribution >= 0.6 is 0 Å². The molecule has 4 rings (SSSR count). The van der Waals surface area contributed by atoms with E-state index in [9.17, 15) is 21.6 Å². The van der Waals surface area contributed by atoms with Gasteiger partial charge in [0.2, 0.25) is 10.0 Å². The molecule has 2 saturated heterocycles. The van der Waals surface area contributed by atoms with E-state index in [4.69, 9.17) is 14.6 Å². The Morgan fingerprint density at radius 2 is 1.91 bits per heavy atom. The smallest absolute Gasteiger partial charge is 0.475 e. The molecule has 186 valence electrons. The van der Waals surface area contributed by atoms with Gasteiger partial charge in [0.1, 0.15) is 0 Å². The van der Waals surface area contributed by atoms with E-state index >= 15 is 0 Å². The van der Waals surface area contributed by atoms with Gasteiger partial charge in [-0.2, -0.15) is 13.2 Å². The summed E-state index contributed by atoms with van der Waals surface area (Å²) in [6, 6.07) is 6.04. The van der Waals surface area contributed by atoms with Crippen LogP contribution in [0.4, 0.5) is 13.2 Å². The first-order chi connectivity index (χ1) is 15.5. The molecule has 8 nitrogen and oxygen atoms in total. The molecular weight excluding hydrogens is 463 g/mol. The molecule has 2 aliphatic heterocycles. The molecule has 1 spiro atoms. The van der Waals surface area contributed by atoms with Gasteiger partial charge in [-0.15, -0.1) is 0 Å². The lowest BCUT2D eigenvalue weighted by atomic mass is 9.71. The number of alkyl halides is 3. The minimum atomic E-state index is -5.08. The molecule has 1 atom stereocenters. The summed E-state index contributed by atoms with van der Waals surface area (Å²) in [7, 11) is -1.28. The zero-order valence-electron chi connectivity index (χ0n) is 18.5. The third-order valence-corrected chi connectivity index (χ3v) is 9.03. The average molecular weight is 494 g/mol. The van der Waals surface area contributed by atoms with Gasteiger partial charge in [-0.05, 0) is 43.2 Å². The number of piperidine rings is 1. The van der Waals surface area contributed by atoms with E-state index in [1.54, 1.807) is 11.4 Å². The fourth-order valence-corrected chi connectivity index (χ4v) is 6.59. The number of sulfonamides is 1. The number of hydrogen-bond acceptors (Lipinski definition) is 6. The topological polar surface area (TPSA) is 100 Å². The van der Waals surface area contributed by atoms with Crippen molar-refractivity contribution in [2.45, 2.75) is 43.7 Å². The van der Waals surface area contributed by atoms with Crippen molar-refractivity contribution in [3.05, 3.63) is 30.1 Å². The lowest BCUT2D eigenvalue weighted by Gasteiger charge is -2.42. The Hall–Kier alpha value is -1.76. The monoisotopic (exact) mass is 493 g/mol. The van der Waals surface area contributed by atoms with Gasteiger partial charge in [-0.3, -0.25) is 9.88 Å². The van der Waals surface area contributed by atoms with Crippen molar-refractivity contribution < 1.29 is 36.2 Å². The SMILES string of the molecule is COCC1CN(Cc2ccccn2)CC12CCN(S(=O)(=O)C1CC1)CC2.O=C(O)C(F)(F)F. The highest BCUT2D eigenvalue weighted by atomic mass is 32.2. The van der Waals surface area contributed by atoms with Crippen molar-refractivity contribution in [1.82, 2.24) is 14.2 Å². The van der Waals surface area contributed by atoms with E-state index in [0.29, 0.717) is 19.0 Å². The van der Waals surface area contributed by atoms with Crippen LogP contribution in [0.1, 0.15) is 31.4 Å². The number of carboxylic acids is 1. The molecule has 3 fully saturated rings. The van der Waals surface area contributed by atoms with Gasteiger partial charge >= 0.3 is 12.1 Å². The molecule has 1 saturated carbocycles. The molecule has 1 aliphatic carbocycles. The predicted molar refractivity (Wildman–Crippen MR) is 114 cm³/mol. The van der Waals surface area contributed by atoms with Crippen LogP contribution < -0.4 is 0 Å². The molecule has 1 N–H and O–H groups in total. The van der Waals surface area contributed by atoms with E-state index < -0.39 is 22.2 Å². The minimum Gasteiger partial charge on any atom is -0.475 e. The summed E-state index contributed by atoms with van der Waals surface area (Å²) in [5.74, 6) is -2.30. The average Bonchev–Trinajstić information content (AvgIpc) is 3.56. The number of aliphatic carboxylic acids is 1. The van der Waals surface area contributed by atoms with Crippen molar-refractivity contribution in [1.29, 1.82) is 0 Å². The summed E-state index contributed by atoms with van der Waals surface area (Å²) in [6.45, 7) is 4.93. The first-order valence-electron chi connectivity index (χ1n) is 10.9. The Labute approximate surface area is 191 Å². The highest BCUT2D eigenvalue weighted by Gasteiger charge is 2.50. The normalized spacial score (nSPS) is 23.8. The Bertz CT molecular complexity index is 901. The van der Waals surface area contributed by atoms with Crippen LogP contribution in [0.5, 0.6) is 0 Å². The van der Waals surface area contributed by atoms with Crippen LogP contribution in [0.15, 0.2) is 24.4 Å². The van der Waals surface area contributed by atoms with E-state index in [2.05, 4.69) is 16.0 Å². The summed E-state index contributed by atoms with van der Waals surface area (Å²) in [5.41, 5.74) is 1.26. The van der Waals surface area contributed by atoms with Gasteiger partial charge in [-0.25, -0.2) is 17.5 Å². The Balaban J connectivity index is 0.000000383. The predicted octanol–water partition coefficient (Wildman–Crippen LogP) is 2.37. The lowest BCUT2D eigenvalue weighted by molar-refractivity contribution is -0.192. The summed E-state index contributed by atoms with van der Waals surface area (Å²) in [6.07, 6.45) is 0.314. The number of ether oxygens (including phenoxy) is 1. The van der Waals surface area contributed by atoms with Crippen molar-refractivity contribution >= 4 is 16.0 Å². The van der Waals surface area contributed by atoms with Gasteiger partial charge in [0.15, 0.2) is 0 Å². The maximum atomic E-state index is 12.5. The highest BCUT2D eigenvalue weighted by molar-refractivity contribution is 7.90. The largest absolute Gasteiger partial charge is 0.490 e. The van der Waals surface area contributed by atoms with Crippen LogP contribution in [0.3, 0.4) is 0 Å². The number of halogens is 3. The Kier molecular flexibility index (Phi) is 8.03. The number of carboxylic acid groups (broad SMARTS) is 1. The first-order valence-corrected chi connectivity index (χ1v) is 12.4. The number of nitrogens with zero attached hydrogens (tertiary/aromatic N) is 3. The molecular formula is C21H30F3N3O5S. The van der Waals surface area contributed by atoms with Crippen molar-refractivity contribution in [3.63, 3.8) is 0 Å². The van der Waals surface area contributed by atoms with Crippen molar-refractivity contribution in [2.75, 3.05) is 39.9 Å². The van der Waals surface area contributed by atoms with Gasteiger partial charge in [-0.1, -0.05) is 6.07 Å². The number of likely N-dealkylation sites (tertiary alicyclic amines) is 1. The number of carbonyl (C=O) groups is 1. The van der Waals surface area contributed by atoms with Crippen molar-refractivity contribution in [2.24, 2.45) is 11.3 Å². The van der Waals surface area contributed by atoms with Crippen molar-refractivity contribution in [3.8, 4) is 0 Å². The van der Waals surface area contributed by atoms with Gasteiger partial charge in [0.25, 0.3) is 0 Å². The van der Waals surface area contributed by atoms with E-state index in [0.717, 1.165) is 57.6 Å². The fourth-order valence-electron chi connectivity index (χ4n) is 4.75. The fraction of sp³-hybridized carbons (Fsp3) is 0.714. The molecule has 0 aromatic carbocycles. The Morgan fingerprint density at radius 3 is 2.39 bits per heavy atom. The molecule has 12 heteroatoms. The molecule has 0 bridgehead atoms. The number of aromatic nitrogens is 1. The van der Waals surface area contributed by atoms with Crippen LogP contribution in [-0.2, 0) is 26.1 Å². The lowest BCUT2D eigenvalue weighted by Crippen LogP contribution is -2.48. The highest BCUT2D eigenvalue weighted by Crippen LogP contribution is 2.46. The summed E-state index contributed by atoms with van der Waals surface area (Å²) in [4.78, 5) is 15.8. The molecule has 1 aromatic heterocycles. The maximum absolute atomic E-state index is 12.5. The molecule has 3 heterocycles. The van der Waals surface area contributed by atoms with Crippen LogP contribution in [0, 0.1) is 11.3 Å². The number of methoxy groups -OCH3 is 1. The second kappa shape index (κ2) is 10.2. The molecule has 1 aromatic rings. The molecule has 1 unspecified atom stereocenters. The van der Waals surface area contributed by atoms with Gasteiger partial charge < -0.3 is 9.84 Å². The molecule has 3 aliphatic rings. The zero-order chi connectivity index (χ0) is 24.3. The first kappa shape index (κ1) is 25.9. The molecule has 0 amide bonds.